The van der Waals surface area contributed by atoms with E-state index in [1.165, 1.54) is 30.3 Å². The van der Waals surface area contributed by atoms with Crippen molar-refractivity contribution in [2.75, 3.05) is 0 Å². The van der Waals surface area contributed by atoms with Crippen molar-refractivity contribution in [3.63, 3.8) is 0 Å². The maximum absolute atomic E-state index is 12.1. The maximum Gasteiger partial charge on any atom is 0.311 e. The van der Waals surface area contributed by atoms with Crippen molar-refractivity contribution in [2.45, 2.75) is 0 Å². The minimum atomic E-state index is -0.783. The van der Waals surface area contributed by atoms with E-state index in [1.807, 2.05) is 0 Å². The lowest BCUT2D eigenvalue weighted by molar-refractivity contribution is -0.385. The summed E-state index contributed by atoms with van der Waals surface area (Å²) in [6, 6.07) is 9.06. The molecule has 1 heterocycles. The molecule has 3 N–H and O–H groups in total. The summed E-state index contributed by atoms with van der Waals surface area (Å²) in [5.41, 5.74) is -0.0567. The Balaban J connectivity index is 2.23. The molecule has 0 spiro atoms. The van der Waals surface area contributed by atoms with Gasteiger partial charge in [-0.1, -0.05) is 12.1 Å². The van der Waals surface area contributed by atoms with E-state index >= 15 is 0 Å². The van der Waals surface area contributed by atoms with Gasteiger partial charge in [0.1, 0.15) is 5.75 Å². The molecular weight excluding hydrogens is 316 g/mol. The first-order valence-electron chi connectivity index (χ1n) is 6.75. The zero-order valence-corrected chi connectivity index (χ0v) is 12.0. The number of nitro benzene ring substituents is 1. The lowest BCUT2D eigenvalue weighted by Gasteiger charge is -2.06. The van der Waals surface area contributed by atoms with Crippen molar-refractivity contribution in [3.8, 4) is 11.5 Å². The van der Waals surface area contributed by atoms with Crippen LogP contribution in [0.1, 0.15) is 11.1 Å². The van der Waals surface area contributed by atoms with Crippen LogP contribution in [0.3, 0.4) is 0 Å². The molecule has 8 nitrogen and oxygen atoms in total. The number of hydrogen-bond donors (Lipinski definition) is 3. The third-order valence-electron chi connectivity index (χ3n) is 3.55. The molecule has 0 bridgehead atoms. The van der Waals surface area contributed by atoms with Crippen molar-refractivity contribution < 1.29 is 24.7 Å². The van der Waals surface area contributed by atoms with Crippen molar-refractivity contribution in [3.05, 3.63) is 63.7 Å². The molecule has 2 aromatic rings. The van der Waals surface area contributed by atoms with Gasteiger partial charge in [-0.15, -0.1) is 0 Å². The Morgan fingerprint density at radius 1 is 0.875 bits per heavy atom. The number of phenols is 2. The lowest BCUT2D eigenvalue weighted by atomic mass is 9.96. The molecule has 0 fully saturated rings. The van der Waals surface area contributed by atoms with Gasteiger partial charge in [0.2, 0.25) is 0 Å². The Morgan fingerprint density at radius 2 is 1.42 bits per heavy atom. The molecule has 2 amide bonds. The molecule has 0 aliphatic carbocycles. The van der Waals surface area contributed by atoms with E-state index in [9.17, 15) is 29.9 Å². The molecule has 3 rings (SSSR count). The van der Waals surface area contributed by atoms with Crippen LogP contribution in [-0.2, 0) is 9.59 Å². The van der Waals surface area contributed by atoms with Crippen LogP contribution in [0.15, 0.2) is 42.5 Å². The number of phenolic OH excluding ortho intramolecular Hbond substituents is 2. The Hall–Kier alpha value is -3.68. The smallest absolute Gasteiger partial charge is 0.311 e. The van der Waals surface area contributed by atoms with Gasteiger partial charge in [-0.3, -0.25) is 25.0 Å². The number of rotatable bonds is 3. The topological polar surface area (TPSA) is 130 Å². The van der Waals surface area contributed by atoms with Crippen LogP contribution >= 0.6 is 0 Å². The van der Waals surface area contributed by atoms with Gasteiger partial charge in [0.15, 0.2) is 5.75 Å². The minimum absolute atomic E-state index is 0.00842. The van der Waals surface area contributed by atoms with E-state index in [0.717, 1.165) is 12.1 Å². The van der Waals surface area contributed by atoms with E-state index in [0.29, 0.717) is 5.56 Å². The van der Waals surface area contributed by atoms with E-state index in [4.69, 9.17) is 0 Å². The molecular formula is C16H10N2O6. The molecule has 0 aromatic heterocycles. The molecule has 120 valence electrons. The number of carbonyl (C=O) groups excluding carboxylic acids is 2. The number of amides is 2. The average Bonchev–Trinajstić information content (AvgIpc) is 2.83. The number of benzene rings is 2. The molecule has 8 heteroatoms. The highest BCUT2D eigenvalue weighted by Crippen LogP contribution is 2.35. The van der Waals surface area contributed by atoms with Crippen LogP contribution < -0.4 is 5.32 Å². The molecule has 2 aromatic carbocycles. The first-order chi connectivity index (χ1) is 11.4. The number of nitrogens with one attached hydrogen (secondary N) is 1. The highest BCUT2D eigenvalue weighted by atomic mass is 16.6. The van der Waals surface area contributed by atoms with Crippen LogP contribution in [-0.4, -0.2) is 27.0 Å². The zero-order chi connectivity index (χ0) is 17.4. The van der Waals surface area contributed by atoms with Crippen molar-refractivity contribution >= 4 is 28.6 Å². The SMILES string of the molecule is O=C1NC(=O)C(c2ccc(O)c([N+](=O)[O-])c2)=C1c1ccc(O)cc1. The number of nitrogens with zero attached hydrogens (tertiary/aromatic N) is 1. The Labute approximate surface area is 134 Å². The van der Waals surface area contributed by atoms with E-state index < -0.39 is 28.2 Å². The van der Waals surface area contributed by atoms with E-state index in [-0.39, 0.29) is 22.5 Å². The molecule has 0 saturated heterocycles. The summed E-state index contributed by atoms with van der Waals surface area (Å²) < 4.78 is 0. The Kier molecular flexibility index (Phi) is 3.49. The van der Waals surface area contributed by atoms with Crippen LogP contribution in [0.25, 0.3) is 11.1 Å². The predicted octanol–water partition coefficient (Wildman–Crippen LogP) is 1.57. The van der Waals surface area contributed by atoms with Gasteiger partial charge in [-0.05, 0) is 35.4 Å². The second-order valence-corrected chi connectivity index (χ2v) is 5.04. The van der Waals surface area contributed by atoms with Gasteiger partial charge in [-0.25, -0.2) is 0 Å². The number of imide groups is 1. The largest absolute Gasteiger partial charge is 0.508 e. The van der Waals surface area contributed by atoms with Crippen LogP contribution in [0.4, 0.5) is 5.69 Å². The minimum Gasteiger partial charge on any atom is -0.508 e. The molecule has 24 heavy (non-hydrogen) atoms. The predicted molar refractivity (Wildman–Crippen MR) is 82.8 cm³/mol. The van der Waals surface area contributed by atoms with E-state index in [2.05, 4.69) is 5.32 Å². The number of hydrogen-bond acceptors (Lipinski definition) is 6. The Morgan fingerprint density at radius 3 is 2.00 bits per heavy atom. The number of nitro groups is 1. The standard InChI is InChI=1S/C16H10N2O6/c19-10-4-1-8(2-5-10)13-14(16(22)17-15(13)21)9-3-6-12(20)11(7-9)18(23)24/h1-7,19-20H,(H,17,21,22). The first-order valence-corrected chi connectivity index (χ1v) is 6.75. The third kappa shape index (κ3) is 2.45. The fraction of sp³-hybridized carbons (Fsp3) is 0. The van der Waals surface area contributed by atoms with Gasteiger partial charge in [0.05, 0.1) is 16.1 Å². The fourth-order valence-corrected chi connectivity index (χ4v) is 2.46. The Bertz CT molecular complexity index is 915. The molecule has 0 unspecified atom stereocenters. The second kappa shape index (κ2) is 5.51. The molecule has 1 aliphatic heterocycles. The average molecular weight is 326 g/mol. The van der Waals surface area contributed by atoms with Crippen molar-refractivity contribution in [2.24, 2.45) is 0 Å². The number of aromatic hydroxyl groups is 2. The summed E-state index contributed by atoms with van der Waals surface area (Å²) in [5, 5.41) is 32.0. The highest BCUT2D eigenvalue weighted by molar-refractivity contribution is 6.49. The van der Waals surface area contributed by atoms with Crippen LogP contribution in [0, 0.1) is 10.1 Å². The first kappa shape index (κ1) is 15.2. The fourth-order valence-electron chi connectivity index (χ4n) is 2.46. The summed E-state index contributed by atoms with van der Waals surface area (Å²) in [6.45, 7) is 0. The second-order valence-electron chi connectivity index (χ2n) is 5.04. The lowest BCUT2D eigenvalue weighted by Crippen LogP contribution is -2.22. The summed E-state index contributed by atoms with van der Waals surface area (Å²) in [6.07, 6.45) is 0. The van der Waals surface area contributed by atoms with Gasteiger partial charge in [0, 0.05) is 6.07 Å². The molecule has 0 atom stereocenters. The summed E-state index contributed by atoms with van der Waals surface area (Å²) in [7, 11) is 0. The maximum atomic E-state index is 12.1. The van der Waals surface area contributed by atoms with Gasteiger partial charge < -0.3 is 10.2 Å². The zero-order valence-electron chi connectivity index (χ0n) is 12.0. The highest BCUT2D eigenvalue weighted by Gasteiger charge is 2.33. The third-order valence-corrected chi connectivity index (χ3v) is 3.55. The molecule has 0 radical (unpaired) electrons. The quantitative estimate of drug-likeness (QED) is 0.446. The monoisotopic (exact) mass is 326 g/mol. The molecule has 1 aliphatic rings. The molecule has 0 saturated carbocycles. The summed E-state index contributed by atoms with van der Waals surface area (Å²) in [5.74, 6) is -1.88. The van der Waals surface area contributed by atoms with E-state index in [1.54, 1.807) is 0 Å². The summed E-state index contributed by atoms with van der Waals surface area (Å²) >= 11 is 0. The van der Waals surface area contributed by atoms with Crippen molar-refractivity contribution in [1.82, 2.24) is 5.32 Å². The summed E-state index contributed by atoms with van der Waals surface area (Å²) in [4.78, 5) is 34.4. The normalized spacial score (nSPS) is 14.0. The van der Waals surface area contributed by atoms with Crippen LogP contribution in [0.2, 0.25) is 0 Å². The van der Waals surface area contributed by atoms with Gasteiger partial charge in [-0.2, -0.15) is 0 Å². The van der Waals surface area contributed by atoms with Crippen molar-refractivity contribution in [1.29, 1.82) is 0 Å². The number of carbonyl (C=O) groups is 2. The van der Waals surface area contributed by atoms with Gasteiger partial charge >= 0.3 is 5.69 Å². The van der Waals surface area contributed by atoms with Gasteiger partial charge in [0.25, 0.3) is 11.8 Å². The van der Waals surface area contributed by atoms with Crippen LogP contribution in [0.5, 0.6) is 11.5 Å².